The molecule has 1 heterocycles. The van der Waals surface area contributed by atoms with Gasteiger partial charge in [-0.3, -0.25) is 4.79 Å². The summed E-state index contributed by atoms with van der Waals surface area (Å²) in [5.74, 6) is 0.787. The Morgan fingerprint density at radius 3 is 2.68 bits per heavy atom. The van der Waals surface area contributed by atoms with Gasteiger partial charge in [0.1, 0.15) is 0 Å². The minimum atomic E-state index is 0.161. The summed E-state index contributed by atoms with van der Waals surface area (Å²) in [4.78, 5) is 14.4. The Balaban J connectivity index is 1.92. The molecule has 0 bridgehead atoms. The van der Waals surface area contributed by atoms with E-state index in [9.17, 15) is 4.79 Å². The summed E-state index contributed by atoms with van der Waals surface area (Å²) in [6.45, 7) is 3.97. The van der Waals surface area contributed by atoms with Gasteiger partial charge < -0.3 is 4.90 Å². The highest BCUT2D eigenvalue weighted by Crippen LogP contribution is 2.23. The fraction of sp³-hybridized carbons (Fsp3) is 0.312. The van der Waals surface area contributed by atoms with Crippen molar-refractivity contribution in [2.45, 2.75) is 13.3 Å². The van der Waals surface area contributed by atoms with E-state index < -0.39 is 0 Å². The van der Waals surface area contributed by atoms with Gasteiger partial charge in [-0.1, -0.05) is 35.0 Å². The Bertz CT molecular complexity index is 638. The molecular formula is C16H16BrNO. The molecule has 1 fully saturated rings. The lowest BCUT2D eigenvalue weighted by atomic mass is 10.1. The van der Waals surface area contributed by atoms with Crippen molar-refractivity contribution in [2.75, 3.05) is 13.1 Å². The van der Waals surface area contributed by atoms with E-state index >= 15 is 0 Å². The third-order valence-electron chi connectivity index (χ3n) is 3.76. The maximum atomic E-state index is 12.4. The monoisotopic (exact) mass is 317 g/mol. The van der Waals surface area contributed by atoms with Crippen LogP contribution < -0.4 is 0 Å². The van der Waals surface area contributed by atoms with Crippen molar-refractivity contribution in [3.8, 4) is 0 Å². The summed E-state index contributed by atoms with van der Waals surface area (Å²) in [5.41, 5.74) is 0.795. The Labute approximate surface area is 121 Å². The molecule has 1 atom stereocenters. The number of amides is 1. The van der Waals surface area contributed by atoms with Crippen molar-refractivity contribution in [1.82, 2.24) is 4.90 Å². The highest BCUT2D eigenvalue weighted by Gasteiger charge is 2.24. The summed E-state index contributed by atoms with van der Waals surface area (Å²) in [6, 6.07) is 12.1. The van der Waals surface area contributed by atoms with Crippen molar-refractivity contribution in [2.24, 2.45) is 5.92 Å². The minimum absolute atomic E-state index is 0.161. The quantitative estimate of drug-likeness (QED) is 0.776. The van der Waals surface area contributed by atoms with Gasteiger partial charge in [0.2, 0.25) is 0 Å². The Morgan fingerprint density at radius 1 is 1.21 bits per heavy atom. The lowest BCUT2D eigenvalue weighted by Crippen LogP contribution is -2.28. The Hall–Kier alpha value is -1.35. The summed E-state index contributed by atoms with van der Waals surface area (Å²) in [5, 5.41) is 2.27. The summed E-state index contributed by atoms with van der Waals surface area (Å²) in [6.07, 6.45) is 1.12. The topological polar surface area (TPSA) is 20.3 Å². The van der Waals surface area contributed by atoms with Crippen molar-refractivity contribution in [3.63, 3.8) is 0 Å². The molecule has 98 valence electrons. The van der Waals surface area contributed by atoms with E-state index in [0.717, 1.165) is 40.3 Å². The number of hydrogen-bond acceptors (Lipinski definition) is 1. The first-order chi connectivity index (χ1) is 9.13. The zero-order valence-corrected chi connectivity index (χ0v) is 12.5. The molecule has 2 aromatic carbocycles. The van der Waals surface area contributed by atoms with Gasteiger partial charge >= 0.3 is 0 Å². The lowest BCUT2D eigenvalue weighted by molar-refractivity contribution is 0.0788. The Kier molecular flexibility index (Phi) is 3.31. The number of benzene rings is 2. The fourth-order valence-electron chi connectivity index (χ4n) is 2.65. The third kappa shape index (κ3) is 2.52. The maximum Gasteiger partial charge on any atom is 0.253 e. The van der Waals surface area contributed by atoms with E-state index in [1.54, 1.807) is 0 Å². The molecule has 0 saturated carbocycles. The maximum absolute atomic E-state index is 12.4. The molecule has 1 saturated heterocycles. The van der Waals surface area contributed by atoms with E-state index in [1.165, 1.54) is 0 Å². The number of rotatable bonds is 1. The first-order valence-corrected chi connectivity index (χ1v) is 7.41. The van der Waals surface area contributed by atoms with Gasteiger partial charge in [-0.05, 0) is 47.4 Å². The number of likely N-dealkylation sites (tertiary alicyclic amines) is 1. The molecule has 3 rings (SSSR count). The lowest BCUT2D eigenvalue weighted by Gasteiger charge is -2.16. The second kappa shape index (κ2) is 4.97. The minimum Gasteiger partial charge on any atom is -0.338 e. The van der Waals surface area contributed by atoms with Gasteiger partial charge in [-0.15, -0.1) is 0 Å². The zero-order chi connectivity index (χ0) is 13.4. The average molecular weight is 318 g/mol. The van der Waals surface area contributed by atoms with Crippen LogP contribution in [0.2, 0.25) is 0 Å². The van der Waals surface area contributed by atoms with Crippen molar-refractivity contribution in [1.29, 1.82) is 0 Å². The molecule has 1 unspecified atom stereocenters. The summed E-state index contributed by atoms with van der Waals surface area (Å²) >= 11 is 3.47. The van der Waals surface area contributed by atoms with Gasteiger partial charge in [0, 0.05) is 23.1 Å². The number of hydrogen-bond donors (Lipinski definition) is 0. The molecule has 0 aliphatic carbocycles. The number of carbonyl (C=O) groups is 1. The summed E-state index contributed by atoms with van der Waals surface area (Å²) in [7, 11) is 0. The number of fused-ring (bicyclic) bond motifs is 1. The van der Waals surface area contributed by atoms with E-state index in [1.807, 2.05) is 35.2 Å². The van der Waals surface area contributed by atoms with E-state index in [4.69, 9.17) is 0 Å². The van der Waals surface area contributed by atoms with Gasteiger partial charge in [-0.25, -0.2) is 0 Å². The summed E-state index contributed by atoms with van der Waals surface area (Å²) < 4.78 is 1.06. The van der Waals surface area contributed by atoms with Crippen LogP contribution in [0.1, 0.15) is 23.7 Å². The average Bonchev–Trinajstić information content (AvgIpc) is 2.84. The molecule has 3 heteroatoms. The van der Waals surface area contributed by atoms with Crippen LogP contribution in [0, 0.1) is 5.92 Å². The van der Waals surface area contributed by atoms with Crippen LogP contribution in [0.4, 0.5) is 0 Å². The van der Waals surface area contributed by atoms with Gasteiger partial charge in [0.15, 0.2) is 0 Å². The molecule has 0 spiro atoms. The van der Waals surface area contributed by atoms with Crippen LogP contribution in [-0.4, -0.2) is 23.9 Å². The molecule has 2 nitrogen and oxygen atoms in total. The van der Waals surface area contributed by atoms with Gasteiger partial charge in [-0.2, -0.15) is 0 Å². The van der Waals surface area contributed by atoms with Gasteiger partial charge in [0.05, 0.1) is 0 Å². The second-order valence-electron chi connectivity index (χ2n) is 5.35. The first kappa shape index (κ1) is 12.7. The number of halogens is 1. The third-order valence-corrected chi connectivity index (χ3v) is 4.25. The molecule has 2 aromatic rings. The largest absolute Gasteiger partial charge is 0.338 e. The SMILES string of the molecule is CC1CCN(C(=O)c2ccc3cc(Br)ccc3c2)C1. The van der Waals surface area contributed by atoms with E-state index in [-0.39, 0.29) is 5.91 Å². The molecule has 1 amide bonds. The van der Waals surface area contributed by atoms with Crippen molar-refractivity contribution >= 4 is 32.6 Å². The first-order valence-electron chi connectivity index (χ1n) is 6.62. The number of nitrogens with zero attached hydrogens (tertiary/aromatic N) is 1. The zero-order valence-electron chi connectivity index (χ0n) is 10.9. The Morgan fingerprint density at radius 2 is 1.95 bits per heavy atom. The predicted molar refractivity (Wildman–Crippen MR) is 81.3 cm³/mol. The van der Waals surface area contributed by atoms with E-state index in [0.29, 0.717) is 5.92 Å². The van der Waals surface area contributed by atoms with E-state index in [2.05, 4.69) is 28.9 Å². The molecule has 0 N–H and O–H groups in total. The molecule has 0 radical (unpaired) electrons. The van der Waals surface area contributed by atoms with Crippen LogP contribution in [0.15, 0.2) is 40.9 Å². The van der Waals surface area contributed by atoms with Crippen LogP contribution in [-0.2, 0) is 0 Å². The standard InChI is InChI=1S/C16H16BrNO/c1-11-6-7-18(10-11)16(19)14-3-2-13-9-15(17)5-4-12(13)8-14/h2-5,8-9,11H,6-7,10H2,1H3. The smallest absolute Gasteiger partial charge is 0.253 e. The van der Waals surface area contributed by atoms with Gasteiger partial charge in [0.25, 0.3) is 5.91 Å². The number of carbonyl (C=O) groups excluding carboxylic acids is 1. The highest BCUT2D eigenvalue weighted by atomic mass is 79.9. The molecular weight excluding hydrogens is 302 g/mol. The van der Waals surface area contributed by atoms with Crippen molar-refractivity contribution < 1.29 is 4.79 Å². The molecule has 1 aliphatic rings. The molecule has 1 aliphatic heterocycles. The predicted octanol–water partition coefficient (Wildman–Crippen LogP) is 4.08. The fourth-order valence-corrected chi connectivity index (χ4v) is 3.03. The van der Waals surface area contributed by atoms with Crippen LogP contribution >= 0.6 is 15.9 Å². The normalized spacial score (nSPS) is 19.1. The molecule has 19 heavy (non-hydrogen) atoms. The molecule has 0 aromatic heterocycles. The highest BCUT2D eigenvalue weighted by molar-refractivity contribution is 9.10. The van der Waals surface area contributed by atoms with Crippen LogP contribution in [0.3, 0.4) is 0 Å². The second-order valence-corrected chi connectivity index (χ2v) is 6.27. The van der Waals surface area contributed by atoms with Crippen molar-refractivity contribution in [3.05, 3.63) is 46.4 Å². The van der Waals surface area contributed by atoms with Crippen LogP contribution in [0.5, 0.6) is 0 Å². The van der Waals surface area contributed by atoms with Crippen LogP contribution in [0.25, 0.3) is 10.8 Å².